The van der Waals surface area contributed by atoms with Gasteiger partial charge < -0.3 is 10.0 Å². The number of hydrogen-bond acceptors (Lipinski definition) is 2. The molecule has 22 heavy (non-hydrogen) atoms. The van der Waals surface area contributed by atoms with Crippen LogP contribution in [-0.2, 0) is 11.0 Å². The first-order valence-electron chi connectivity index (χ1n) is 7.00. The molecule has 0 spiro atoms. The summed E-state index contributed by atoms with van der Waals surface area (Å²) < 4.78 is 37.5. The van der Waals surface area contributed by atoms with Crippen LogP contribution in [0, 0.1) is 5.92 Å². The van der Waals surface area contributed by atoms with Gasteiger partial charge in [-0.25, -0.2) is 0 Å². The molecule has 1 N–H and O–H groups in total. The number of carbonyl (C=O) groups is 1. The van der Waals surface area contributed by atoms with E-state index >= 15 is 0 Å². The Morgan fingerprint density at radius 3 is 2.18 bits per heavy atom. The van der Waals surface area contributed by atoms with Crippen molar-refractivity contribution in [2.75, 3.05) is 18.0 Å². The van der Waals surface area contributed by atoms with Gasteiger partial charge in [-0.05, 0) is 49.4 Å². The van der Waals surface area contributed by atoms with Crippen molar-refractivity contribution in [1.82, 2.24) is 0 Å². The van der Waals surface area contributed by atoms with Crippen LogP contribution in [0.15, 0.2) is 24.3 Å². The van der Waals surface area contributed by atoms with E-state index in [1.165, 1.54) is 12.1 Å². The van der Waals surface area contributed by atoms with E-state index in [1.54, 1.807) is 0 Å². The van der Waals surface area contributed by atoms with Crippen molar-refractivity contribution in [3.63, 3.8) is 0 Å². The third-order valence-corrected chi connectivity index (χ3v) is 3.94. The average Bonchev–Trinajstić information content (AvgIpc) is 2.45. The fourth-order valence-electron chi connectivity index (χ4n) is 2.67. The number of anilines is 1. The summed E-state index contributed by atoms with van der Waals surface area (Å²) in [6, 6.07) is 5.21. The van der Waals surface area contributed by atoms with Crippen molar-refractivity contribution in [3.8, 4) is 0 Å². The molecule has 1 heterocycles. The Morgan fingerprint density at radius 2 is 1.73 bits per heavy atom. The number of rotatable bonds is 4. The Bertz CT molecular complexity index is 483. The summed E-state index contributed by atoms with van der Waals surface area (Å²) in [5.74, 6) is -0.382. The summed E-state index contributed by atoms with van der Waals surface area (Å²) in [7, 11) is 0. The van der Waals surface area contributed by atoms with Gasteiger partial charge in [0.15, 0.2) is 0 Å². The predicted octanol–water partition coefficient (Wildman–Crippen LogP) is 3.14. The zero-order valence-corrected chi connectivity index (χ0v) is 11.6. The molecule has 0 amide bonds. The molecule has 1 aromatic carbocycles. The second kappa shape index (κ2) is 7.94. The van der Waals surface area contributed by atoms with Gasteiger partial charge in [0, 0.05) is 25.2 Å². The maximum absolute atomic E-state index is 12.5. The van der Waals surface area contributed by atoms with Gasteiger partial charge in [-0.2, -0.15) is 13.2 Å². The molecule has 0 aliphatic carbocycles. The van der Waals surface area contributed by atoms with Gasteiger partial charge in [-0.1, -0.05) is 0 Å². The third-order valence-electron chi connectivity index (χ3n) is 3.94. The number of nitrogens with zero attached hydrogens (tertiary/aromatic N) is 1. The second-order valence-corrected chi connectivity index (χ2v) is 5.41. The van der Waals surface area contributed by atoms with Crippen molar-refractivity contribution >= 4 is 30.5 Å². The molecule has 0 bridgehead atoms. The number of benzene rings is 1. The standard InChI is InChI=1S/C15H18F3NO2.Li.H/c16-15(17,18)12-2-4-13(5-3-12)19-9-7-11(8-10-19)1-6-14(20)21;;/h2-5,11H,1,6-10H2,(H,20,21);;. The first-order chi connectivity index (χ1) is 9.86. The van der Waals surface area contributed by atoms with E-state index < -0.39 is 17.7 Å². The van der Waals surface area contributed by atoms with Crippen LogP contribution in [-0.4, -0.2) is 43.0 Å². The Labute approximate surface area is 139 Å². The van der Waals surface area contributed by atoms with E-state index in [4.69, 9.17) is 5.11 Å². The molecule has 0 aromatic heterocycles. The molecule has 0 atom stereocenters. The molecule has 7 heteroatoms. The molecule has 1 aromatic rings. The molecule has 0 unspecified atom stereocenters. The topological polar surface area (TPSA) is 40.5 Å². The van der Waals surface area contributed by atoms with Crippen LogP contribution in [0.4, 0.5) is 18.9 Å². The van der Waals surface area contributed by atoms with Crippen molar-refractivity contribution < 1.29 is 23.1 Å². The minimum atomic E-state index is -4.30. The SMILES string of the molecule is O=C(O)CCC1CCN(c2ccc(C(F)(F)F)cc2)CC1.[LiH]. The number of halogens is 3. The molecule has 2 rings (SSSR count). The summed E-state index contributed by atoms with van der Waals surface area (Å²) >= 11 is 0. The van der Waals surface area contributed by atoms with E-state index in [2.05, 4.69) is 4.90 Å². The monoisotopic (exact) mass is 309 g/mol. The van der Waals surface area contributed by atoms with E-state index in [9.17, 15) is 18.0 Å². The first kappa shape index (κ1) is 18.9. The number of carboxylic acid groups (broad SMARTS) is 1. The maximum atomic E-state index is 12.5. The van der Waals surface area contributed by atoms with Crippen LogP contribution >= 0.6 is 0 Å². The summed E-state index contributed by atoms with van der Waals surface area (Å²) in [6.07, 6.45) is -1.67. The van der Waals surface area contributed by atoms with Crippen LogP contribution in [0.3, 0.4) is 0 Å². The average molecular weight is 309 g/mol. The molecule has 1 fully saturated rings. The van der Waals surface area contributed by atoms with Gasteiger partial charge in [0.05, 0.1) is 5.56 Å². The first-order valence-corrected chi connectivity index (χ1v) is 7.00. The van der Waals surface area contributed by atoms with Crippen LogP contribution < -0.4 is 4.90 Å². The van der Waals surface area contributed by atoms with Crippen molar-refractivity contribution in [2.45, 2.75) is 31.9 Å². The normalized spacial score (nSPS) is 16.2. The van der Waals surface area contributed by atoms with Gasteiger partial charge >= 0.3 is 31.0 Å². The van der Waals surface area contributed by atoms with Crippen molar-refractivity contribution in [2.24, 2.45) is 5.92 Å². The van der Waals surface area contributed by atoms with Crippen LogP contribution in [0.25, 0.3) is 0 Å². The Balaban J connectivity index is 0.00000242. The molecule has 1 saturated heterocycles. The van der Waals surface area contributed by atoms with Gasteiger partial charge in [0.2, 0.25) is 0 Å². The van der Waals surface area contributed by atoms with E-state index in [-0.39, 0.29) is 25.3 Å². The van der Waals surface area contributed by atoms with E-state index in [0.29, 0.717) is 12.3 Å². The zero-order chi connectivity index (χ0) is 15.5. The van der Waals surface area contributed by atoms with Crippen LogP contribution in [0.5, 0.6) is 0 Å². The number of alkyl halides is 3. The zero-order valence-electron chi connectivity index (χ0n) is 11.6. The Kier molecular flexibility index (Phi) is 6.83. The van der Waals surface area contributed by atoms with Crippen molar-refractivity contribution in [1.29, 1.82) is 0 Å². The Hall–Kier alpha value is -1.12. The van der Waals surface area contributed by atoms with Crippen LogP contribution in [0.1, 0.15) is 31.2 Å². The number of piperidine rings is 1. The second-order valence-electron chi connectivity index (χ2n) is 5.41. The molecule has 0 saturated carbocycles. The summed E-state index contributed by atoms with van der Waals surface area (Å²) in [6.45, 7) is 1.52. The molecule has 3 nitrogen and oxygen atoms in total. The van der Waals surface area contributed by atoms with Gasteiger partial charge in [0.25, 0.3) is 0 Å². The van der Waals surface area contributed by atoms with Gasteiger partial charge in [-0.15, -0.1) is 0 Å². The fraction of sp³-hybridized carbons (Fsp3) is 0.533. The van der Waals surface area contributed by atoms with E-state index in [0.717, 1.165) is 43.8 Å². The summed E-state index contributed by atoms with van der Waals surface area (Å²) in [5.41, 5.74) is 0.155. The van der Waals surface area contributed by atoms with Crippen molar-refractivity contribution in [3.05, 3.63) is 29.8 Å². The fourth-order valence-corrected chi connectivity index (χ4v) is 2.67. The Morgan fingerprint density at radius 1 is 1.18 bits per heavy atom. The molecule has 118 valence electrons. The van der Waals surface area contributed by atoms with E-state index in [1.807, 2.05) is 0 Å². The third kappa shape index (κ3) is 5.26. The number of hydrogen-bond donors (Lipinski definition) is 1. The van der Waals surface area contributed by atoms with Gasteiger partial charge in [-0.3, -0.25) is 4.79 Å². The quantitative estimate of drug-likeness (QED) is 0.869. The predicted molar refractivity (Wildman–Crippen MR) is 80.4 cm³/mol. The molecule has 1 aliphatic heterocycles. The summed E-state index contributed by atoms with van der Waals surface area (Å²) in [4.78, 5) is 12.6. The summed E-state index contributed by atoms with van der Waals surface area (Å²) in [5, 5.41) is 8.66. The van der Waals surface area contributed by atoms with Gasteiger partial charge in [0.1, 0.15) is 0 Å². The molecule has 0 radical (unpaired) electrons. The van der Waals surface area contributed by atoms with Crippen LogP contribution in [0.2, 0.25) is 0 Å². The molecular formula is C15H19F3LiNO2. The molecular weight excluding hydrogens is 290 g/mol. The number of carboxylic acids is 1. The number of aliphatic carboxylic acids is 1. The minimum absolute atomic E-state index is 0. The molecule has 1 aliphatic rings.